The summed E-state index contributed by atoms with van der Waals surface area (Å²) in [5.74, 6) is -0.448. The van der Waals surface area contributed by atoms with Crippen LogP contribution >= 0.6 is 0 Å². The van der Waals surface area contributed by atoms with Crippen molar-refractivity contribution in [3.05, 3.63) is 64.3 Å². The molecule has 1 unspecified atom stereocenters. The van der Waals surface area contributed by atoms with E-state index in [1.165, 1.54) is 22.6 Å². The van der Waals surface area contributed by atoms with E-state index in [0.717, 1.165) is 0 Å². The van der Waals surface area contributed by atoms with Crippen molar-refractivity contribution in [2.75, 3.05) is 6.54 Å². The second-order valence-corrected chi connectivity index (χ2v) is 6.42. The van der Waals surface area contributed by atoms with Gasteiger partial charge in [-0.1, -0.05) is 19.1 Å². The second kappa shape index (κ2) is 7.22. The highest BCUT2D eigenvalue weighted by atomic mass is 32.2. The normalized spacial score (nSPS) is 12.6. The molecule has 2 N–H and O–H groups in total. The highest BCUT2D eigenvalue weighted by Crippen LogP contribution is 2.29. The molecule has 8 heteroatoms. The van der Waals surface area contributed by atoms with Crippen molar-refractivity contribution >= 4 is 22.3 Å². The van der Waals surface area contributed by atoms with Gasteiger partial charge >= 0.3 is 0 Å². The number of nitrogens with one attached hydrogen (secondary N) is 1. The van der Waals surface area contributed by atoms with Gasteiger partial charge < -0.3 is 4.98 Å². The van der Waals surface area contributed by atoms with Crippen LogP contribution in [0.2, 0.25) is 0 Å². The third-order valence-corrected chi connectivity index (χ3v) is 4.72. The van der Waals surface area contributed by atoms with E-state index >= 15 is 0 Å². The maximum atomic E-state index is 14.6. The first-order valence-corrected chi connectivity index (χ1v) is 8.68. The van der Waals surface area contributed by atoms with Gasteiger partial charge in [0.25, 0.3) is 0 Å². The van der Waals surface area contributed by atoms with E-state index < -0.39 is 17.1 Å². The van der Waals surface area contributed by atoms with Gasteiger partial charge in [0.1, 0.15) is 11.5 Å². The molecule has 1 aromatic carbocycles. The molecular weight excluding hydrogens is 345 g/mol. The lowest BCUT2D eigenvalue weighted by Gasteiger charge is -2.16. The van der Waals surface area contributed by atoms with Gasteiger partial charge in [0.2, 0.25) is 16.8 Å². The Bertz CT molecular complexity index is 1010. The van der Waals surface area contributed by atoms with E-state index in [9.17, 15) is 17.9 Å². The number of H-pyrrole nitrogens is 1. The van der Waals surface area contributed by atoms with Gasteiger partial charge in [-0.3, -0.25) is 9.35 Å². The van der Waals surface area contributed by atoms with Crippen LogP contribution < -0.4 is 5.56 Å². The molecule has 6 nitrogen and oxygen atoms in total. The van der Waals surface area contributed by atoms with Crippen LogP contribution in [-0.4, -0.2) is 29.6 Å². The van der Waals surface area contributed by atoms with Crippen LogP contribution in [0, 0.1) is 5.82 Å². The molecule has 0 amide bonds. The van der Waals surface area contributed by atoms with Gasteiger partial charge in [-0.25, -0.2) is 13.6 Å². The molecule has 25 heavy (non-hydrogen) atoms. The van der Waals surface area contributed by atoms with Gasteiger partial charge in [-0.15, -0.1) is 0 Å². The summed E-state index contributed by atoms with van der Waals surface area (Å²) in [5.41, 5.74) is 1.70. The summed E-state index contributed by atoms with van der Waals surface area (Å²) < 4.78 is 36.3. The molecule has 2 aromatic heterocycles. The zero-order valence-electron chi connectivity index (χ0n) is 13.4. The number of aromatic nitrogens is 2. The lowest BCUT2D eigenvalue weighted by atomic mass is 10.0. The zero-order valence-corrected chi connectivity index (χ0v) is 14.2. The molecule has 0 aliphatic rings. The smallest absolute Gasteiger partial charge is 0.249 e. The molecule has 3 aromatic rings. The highest BCUT2D eigenvalue weighted by Gasteiger charge is 2.13. The molecule has 0 saturated carbocycles. The molecular formula is C17H16FN3O3S. The highest BCUT2D eigenvalue weighted by molar-refractivity contribution is 7.76. The maximum Gasteiger partial charge on any atom is 0.249 e. The van der Waals surface area contributed by atoms with Crippen molar-refractivity contribution in [3.8, 4) is 11.1 Å². The summed E-state index contributed by atoms with van der Waals surface area (Å²) in [6, 6.07) is 9.35. The summed E-state index contributed by atoms with van der Waals surface area (Å²) in [6.07, 6.45) is 1.51. The number of halogens is 1. The van der Waals surface area contributed by atoms with E-state index in [4.69, 9.17) is 0 Å². The molecule has 2 heterocycles. The molecule has 3 rings (SSSR count). The van der Waals surface area contributed by atoms with Gasteiger partial charge in [0.15, 0.2) is 0 Å². The van der Waals surface area contributed by atoms with E-state index in [1.807, 2.05) is 0 Å². The number of hydrogen-bond donors (Lipinski definition) is 2. The zero-order chi connectivity index (χ0) is 18.0. The van der Waals surface area contributed by atoms with Crippen LogP contribution in [0.4, 0.5) is 4.39 Å². The standard InChI is InChI=1S/C17H16FN3O3S/c1-2-21(25(23)24)10-11-3-4-13(15(18)9-11)12-7-8-19-17-14(12)5-6-16(22)20-17/h3-9H,2,10H2,1H3,(H,23,24)(H,19,20,22). The summed E-state index contributed by atoms with van der Waals surface area (Å²) in [4.78, 5) is 18.1. The Hall–Kier alpha value is -2.42. The lowest BCUT2D eigenvalue weighted by Crippen LogP contribution is -2.24. The quantitative estimate of drug-likeness (QED) is 0.684. The van der Waals surface area contributed by atoms with E-state index in [-0.39, 0.29) is 12.1 Å². The fourth-order valence-electron chi connectivity index (χ4n) is 2.65. The third-order valence-electron chi connectivity index (χ3n) is 3.89. The Morgan fingerprint density at radius 1 is 1.24 bits per heavy atom. The monoisotopic (exact) mass is 361 g/mol. The second-order valence-electron chi connectivity index (χ2n) is 5.44. The number of pyridine rings is 2. The Balaban J connectivity index is 2.02. The molecule has 1 atom stereocenters. The predicted octanol–water partition coefficient (Wildman–Crippen LogP) is 2.69. The van der Waals surface area contributed by atoms with Crippen LogP contribution in [0.1, 0.15) is 12.5 Å². The molecule has 0 saturated heterocycles. The number of rotatable bonds is 5. The van der Waals surface area contributed by atoms with E-state index in [1.54, 1.807) is 31.2 Å². The van der Waals surface area contributed by atoms with Crippen LogP contribution in [0.15, 0.2) is 47.4 Å². The summed E-state index contributed by atoms with van der Waals surface area (Å²) in [7, 11) is 0. The van der Waals surface area contributed by atoms with Crippen LogP contribution in [0.25, 0.3) is 22.2 Å². The number of fused-ring (bicyclic) bond motifs is 1. The van der Waals surface area contributed by atoms with Crippen molar-refractivity contribution in [1.29, 1.82) is 0 Å². The Morgan fingerprint density at radius 3 is 2.72 bits per heavy atom. The first-order valence-electron chi connectivity index (χ1n) is 7.62. The van der Waals surface area contributed by atoms with Crippen molar-refractivity contribution in [2.45, 2.75) is 13.5 Å². The first-order chi connectivity index (χ1) is 12.0. The van der Waals surface area contributed by atoms with Gasteiger partial charge in [0, 0.05) is 36.3 Å². The van der Waals surface area contributed by atoms with Crippen LogP contribution in [-0.2, 0) is 17.8 Å². The van der Waals surface area contributed by atoms with Crippen LogP contribution in [0.5, 0.6) is 0 Å². The van der Waals surface area contributed by atoms with Crippen molar-refractivity contribution in [3.63, 3.8) is 0 Å². The topological polar surface area (TPSA) is 86.3 Å². The molecule has 0 spiro atoms. The molecule has 130 valence electrons. The number of benzene rings is 1. The minimum Gasteiger partial charge on any atom is -0.307 e. The summed E-state index contributed by atoms with van der Waals surface area (Å²) in [6.45, 7) is 2.29. The fourth-order valence-corrected chi connectivity index (χ4v) is 3.13. The number of nitrogens with zero attached hydrogens (tertiary/aromatic N) is 2. The average Bonchev–Trinajstić information content (AvgIpc) is 2.59. The largest absolute Gasteiger partial charge is 0.307 e. The molecule has 0 fully saturated rings. The third kappa shape index (κ3) is 3.65. The molecule has 0 aliphatic carbocycles. The molecule has 0 bridgehead atoms. The van der Waals surface area contributed by atoms with Gasteiger partial charge in [-0.05, 0) is 29.3 Å². The first kappa shape index (κ1) is 17.4. The number of hydrogen-bond acceptors (Lipinski definition) is 3. The van der Waals surface area contributed by atoms with Gasteiger partial charge in [-0.2, -0.15) is 4.31 Å². The summed E-state index contributed by atoms with van der Waals surface area (Å²) in [5, 5.41) is 0.639. The summed E-state index contributed by atoms with van der Waals surface area (Å²) >= 11 is -2.10. The number of aromatic amines is 1. The van der Waals surface area contributed by atoms with Crippen molar-refractivity contribution in [2.24, 2.45) is 0 Å². The maximum absolute atomic E-state index is 14.6. The van der Waals surface area contributed by atoms with Crippen molar-refractivity contribution in [1.82, 2.24) is 14.3 Å². The minimum atomic E-state index is -2.10. The van der Waals surface area contributed by atoms with Gasteiger partial charge in [0.05, 0.1) is 0 Å². The van der Waals surface area contributed by atoms with E-state index in [2.05, 4.69) is 9.97 Å². The predicted molar refractivity (Wildman–Crippen MR) is 94.6 cm³/mol. The Morgan fingerprint density at radius 2 is 2.04 bits per heavy atom. The fraction of sp³-hybridized carbons (Fsp3) is 0.176. The van der Waals surface area contributed by atoms with E-state index in [0.29, 0.717) is 34.3 Å². The van der Waals surface area contributed by atoms with Crippen LogP contribution in [0.3, 0.4) is 0 Å². The molecule has 0 aliphatic heterocycles. The lowest BCUT2D eigenvalue weighted by molar-refractivity contribution is 0.406. The average molecular weight is 361 g/mol. The SMILES string of the molecule is CCN(Cc1ccc(-c2ccnc3[nH]c(=O)ccc23)c(F)c1)S(=O)O. The Labute approximate surface area is 145 Å². The van der Waals surface area contributed by atoms with Crippen molar-refractivity contribution < 1.29 is 13.2 Å². The Kier molecular flexibility index (Phi) is 5.03. The minimum absolute atomic E-state index is 0.168. The molecule has 0 radical (unpaired) electrons.